The van der Waals surface area contributed by atoms with Crippen LogP contribution in [0.4, 0.5) is 0 Å². The van der Waals surface area contributed by atoms with Crippen LogP contribution >= 0.6 is 11.6 Å². The molecule has 5 heteroatoms. The van der Waals surface area contributed by atoms with Crippen molar-refractivity contribution in [1.29, 1.82) is 5.41 Å². The SMILES string of the molecule is CN(C)C1CCN(Cc2ccc(C(=N)N)cc2Cl)CC1. The third-order valence-electron chi connectivity index (χ3n) is 4.05. The Bertz CT molecular complexity index is 479. The van der Waals surface area contributed by atoms with Crippen molar-refractivity contribution in [1.82, 2.24) is 9.80 Å². The van der Waals surface area contributed by atoms with E-state index in [0.717, 1.165) is 25.2 Å². The molecule has 0 amide bonds. The first kappa shape index (κ1) is 15.3. The maximum Gasteiger partial charge on any atom is 0.122 e. The number of nitrogens with two attached hydrogens (primary N) is 1. The summed E-state index contributed by atoms with van der Waals surface area (Å²) < 4.78 is 0. The van der Waals surface area contributed by atoms with Gasteiger partial charge in [0.1, 0.15) is 5.84 Å². The predicted octanol–water partition coefficient (Wildman–Crippen LogP) is 2.15. The highest BCUT2D eigenvalue weighted by molar-refractivity contribution is 6.31. The number of hydrogen-bond acceptors (Lipinski definition) is 3. The molecule has 1 saturated heterocycles. The molecule has 1 aliphatic rings. The number of nitrogen functional groups attached to an aromatic ring is 1. The second-order valence-corrected chi connectivity index (χ2v) is 6.10. The van der Waals surface area contributed by atoms with E-state index in [9.17, 15) is 0 Å². The fraction of sp³-hybridized carbons (Fsp3) is 0.533. The lowest BCUT2D eigenvalue weighted by Gasteiger charge is -2.35. The van der Waals surface area contributed by atoms with E-state index in [1.165, 1.54) is 12.8 Å². The molecule has 2 rings (SSSR count). The molecule has 1 aromatic rings. The van der Waals surface area contributed by atoms with E-state index in [2.05, 4.69) is 23.9 Å². The van der Waals surface area contributed by atoms with Gasteiger partial charge in [-0.25, -0.2) is 0 Å². The number of piperidine rings is 1. The summed E-state index contributed by atoms with van der Waals surface area (Å²) in [7, 11) is 4.30. The largest absolute Gasteiger partial charge is 0.384 e. The van der Waals surface area contributed by atoms with Gasteiger partial charge in [-0.05, 0) is 51.7 Å². The van der Waals surface area contributed by atoms with Gasteiger partial charge in [0.2, 0.25) is 0 Å². The van der Waals surface area contributed by atoms with Gasteiger partial charge < -0.3 is 10.6 Å². The number of rotatable bonds is 4. The number of nitrogens with one attached hydrogen (secondary N) is 1. The van der Waals surface area contributed by atoms with Crippen LogP contribution in [0.25, 0.3) is 0 Å². The molecule has 0 saturated carbocycles. The smallest absolute Gasteiger partial charge is 0.122 e. The minimum absolute atomic E-state index is 0.0604. The first-order chi connectivity index (χ1) is 9.47. The molecule has 110 valence electrons. The fourth-order valence-corrected chi connectivity index (χ4v) is 2.92. The van der Waals surface area contributed by atoms with Gasteiger partial charge in [-0.2, -0.15) is 0 Å². The fourth-order valence-electron chi connectivity index (χ4n) is 2.68. The standard InChI is InChI=1S/C15H23ClN4/c1-19(2)13-5-7-20(8-6-13)10-12-4-3-11(15(17)18)9-14(12)16/h3-4,9,13H,5-8,10H2,1-2H3,(H3,17,18). The van der Waals surface area contributed by atoms with Crippen molar-refractivity contribution in [3.8, 4) is 0 Å². The lowest BCUT2D eigenvalue weighted by atomic mass is 10.0. The average Bonchev–Trinajstić information content (AvgIpc) is 2.41. The van der Waals surface area contributed by atoms with Crippen molar-refractivity contribution < 1.29 is 0 Å². The van der Waals surface area contributed by atoms with Crippen molar-refractivity contribution in [2.45, 2.75) is 25.4 Å². The molecule has 0 bridgehead atoms. The summed E-state index contributed by atoms with van der Waals surface area (Å²) in [5.74, 6) is 0.0604. The first-order valence-corrected chi connectivity index (χ1v) is 7.37. The number of halogens is 1. The molecule has 0 aromatic heterocycles. The lowest BCUT2D eigenvalue weighted by molar-refractivity contribution is 0.140. The van der Waals surface area contributed by atoms with E-state index < -0.39 is 0 Å². The number of likely N-dealkylation sites (tertiary alicyclic amines) is 1. The van der Waals surface area contributed by atoms with Gasteiger partial charge in [0, 0.05) is 23.2 Å². The summed E-state index contributed by atoms with van der Waals surface area (Å²) in [6.07, 6.45) is 2.41. The molecule has 3 N–H and O–H groups in total. The molecule has 1 aliphatic heterocycles. The van der Waals surface area contributed by atoms with Crippen LogP contribution in [0.3, 0.4) is 0 Å². The summed E-state index contributed by atoms with van der Waals surface area (Å²) in [6.45, 7) is 3.08. The topological polar surface area (TPSA) is 56.4 Å². The zero-order chi connectivity index (χ0) is 14.7. The second kappa shape index (κ2) is 6.57. The highest BCUT2D eigenvalue weighted by Crippen LogP contribution is 2.22. The van der Waals surface area contributed by atoms with Gasteiger partial charge in [-0.1, -0.05) is 23.7 Å². The lowest BCUT2D eigenvalue weighted by Crippen LogP contribution is -2.41. The highest BCUT2D eigenvalue weighted by atomic mass is 35.5. The molecule has 4 nitrogen and oxygen atoms in total. The van der Waals surface area contributed by atoms with Crippen LogP contribution in [-0.2, 0) is 6.54 Å². The van der Waals surface area contributed by atoms with E-state index in [4.69, 9.17) is 22.7 Å². The molecule has 0 spiro atoms. The van der Waals surface area contributed by atoms with E-state index in [1.54, 1.807) is 6.07 Å². The Hall–Kier alpha value is -1.10. The summed E-state index contributed by atoms with van der Waals surface area (Å²) in [5, 5.41) is 8.12. The predicted molar refractivity (Wildman–Crippen MR) is 84.5 cm³/mol. The highest BCUT2D eigenvalue weighted by Gasteiger charge is 2.21. The molecular formula is C15H23ClN4. The van der Waals surface area contributed by atoms with E-state index >= 15 is 0 Å². The zero-order valence-electron chi connectivity index (χ0n) is 12.2. The number of benzene rings is 1. The molecule has 0 aliphatic carbocycles. The Labute approximate surface area is 126 Å². The molecular weight excluding hydrogens is 272 g/mol. The Kier molecular flexibility index (Phi) is 5.02. The van der Waals surface area contributed by atoms with Crippen LogP contribution in [0.2, 0.25) is 5.02 Å². The van der Waals surface area contributed by atoms with Crippen molar-refractivity contribution in [3.63, 3.8) is 0 Å². The Morgan fingerprint density at radius 1 is 1.40 bits per heavy atom. The maximum atomic E-state index is 7.42. The summed E-state index contributed by atoms with van der Waals surface area (Å²) in [5.41, 5.74) is 7.27. The maximum absolute atomic E-state index is 7.42. The van der Waals surface area contributed by atoms with Gasteiger partial charge in [-0.15, -0.1) is 0 Å². The van der Waals surface area contributed by atoms with Crippen LogP contribution in [0.1, 0.15) is 24.0 Å². The van der Waals surface area contributed by atoms with Crippen molar-refractivity contribution in [3.05, 3.63) is 34.3 Å². The van der Waals surface area contributed by atoms with Gasteiger partial charge in [0.05, 0.1) is 0 Å². The van der Waals surface area contributed by atoms with Crippen molar-refractivity contribution >= 4 is 17.4 Å². The van der Waals surface area contributed by atoms with E-state index in [0.29, 0.717) is 16.6 Å². The Morgan fingerprint density at radius 3 is 2.55 bits per heavy atom. The average molecular weight is 295 g/mol. The van der Waals surface area contributed by atoms with Gasteiger partial charge in [-0.3, -0.25) is 10.3 Å². The normalized spacial score (nSPS) is 17.6. The van der Waals surface area contributed by atoms with E-state index in [1.807, 2.05) is 12.1 Å². The van der Waals surface area contributed by atoms with Gasteiger partial charge in [0.15, 0.2) is 0 Å². The third kappa shape index (κ3) is 3.72. The van der Waals surface area contributed by atoms with E-state index in [-0.39, 0.29) is 5.84 Å². The van der Waals surface area contributed by atoms with Crippen LogP contribution in [-0.4, -0.2) is 48.9 Å². The Balaban J connectivity index is 1.96. The quantitative estimate of drug-likeness (QED) is 0.661. The molecule has 1 fully saturated rings. The van der Waals surface area contributed by atoms with Gasteiger partial charge >= 0.3 is 0 Å². The molecule has 0 unspecified atom stereocenters. The summed E-state index contributed by atoms with van der Waals surface area (Å²) >= 11 is 6.28. The van der Waals surface area contributed by atoms with Crippen LogP contribution in [0.15, 0.2) is 18.2 Å². The summed E-state index contributed by atoms with van der Waals surface area (Å²) in [4.78, 5) is 4.75. The number of amidine groups is 1. The minimum atomic E-state index is 0.0604. The van der Waals surface area contributed by atoms with Crippen LogP contribution in [0.5, 0.6) is 0 Å². The first-order valence-electron chi connectivity index (χ1n) is 6.99. The number of hydrogen-bond donors (Lipinski definition) is 2. The van der Waals surface area contributed by atoms with Crippen molar-refractivity contribution in [2.75, 3.05) is 27.2 Å². The molecule has 1 aromatic carbocycles. The monoisotopic (exact) mass is 294 g/mol. The molecule has 1 heterocycles. The molecule has 0 atom stereocenters. The second-order valence-electron chi connectivity index (χ2n) is 5.69. The van der Waals surface area contributed by atoms with Crippen LogP contribution in [0, 0.1) is 5.41 Å². The third-order valence-corrected chi connectivity index (χ3v) is 4.40. The zero-order valence-corrected chi connectivity index (χ0v) is 13.0. The van der Waals surface area contributed by atoms with Crippen molar-refractivity contribution in [2.24, 2.45) is 5.73 Å². The molecule has 0 radical (unpaired) electrons. The number of nitrogens with zero attached hydrogens (tertiary/aromatic N) is 2. The molecule has 20 heavy (non-hydrogen) atoms. The van der Waals surface area contributed by atoms with Gasteiger partial charge in [0.25, 0.3) is 0 Å². The van der Waals surface area contributed by atoms with Crippen LogP contribution < -0.4 is 5.73 Å². The summed E-state index contributed by atoms with van der Waals surface area (Å²) in [6, 6.07) is 6.33. The Morgan fingerprint density at radius 2 is 2.05 bits per heavy atom. The minimum Gasteiger partial charge on any atom is -0.384 e.